The van der Waals surface area contributed by atoms with Crippen LogP contribution >= 0.6 is 15.9 Å². The van der Waals surface area contributed by atoms with Crippen LogP contribution in [0.15, 0.2) is 9.27 Å². The molecule has 1 amide bonds. The molecule has 1 heterocycles. The second-order valence-electron chi connectivity index (χ2n) is 2.59. The van der Waals surface area contributed by atoms with E-state index >= 15 is 0 Å². The van der Waals surface area contributed by atoms with Gasteiger partial charge < -0.3 is 5.32 Å². The highest BCUT2D eigenvalue weighted by molar-refractivity contribution is 9.10. The van der Waals surface area contributed by atoms with Gasteiger partial charge in [0.05, 0.1) is 4.47 Å². The van der Waals surface area contributed by atoms with Crippen molar-refractivity contribution in [3.05, 3.63) is 26.2 Å². The van der Waals surface area contributed by atoms with E-state index in [-0.39, 0.29) is 15.9 Å². The zero-order chi connectivity index (χ0) is 11.6. The first-order valence-corrected chi connectivity index (χ1v) is 4.52. The third-order valence-electron chi connectivity index (χ3n) is 1.78. The van der Waals surface area contributed by atoms with Crippen molar-refractivity contribution >= 4 is 28.2 Å². The number of carbonyl (C=O) groups excluding carboxylic acids is 1. The Morgan fingerprint density at radius 3 is 2.73 bits per heavy atom. The summed E-state index contributed by atoms with van der Waals surface area (Å²) in [6.45, 7) is 0. The fourth-order valence-electron chi connectivity index (χ4n) is 1.05. The molecule has 1 aromatic heterocycles. The molecule has 0 aliphatic carbocycles. The van der Waals surface area contributed by atoms with Gasteiger partial charge in [-0.05, 0) is 15.9 Å². The van der Waals surface area contributed by atoms with Gasteiger partial charge in [-0.25, -0.2) is 0 Å². The molecule has 0 fully saturated rings. The first-order valence-electron chi connectivity index (χ1n) is 3.72. The van der Waals surface area contributed by atoms with Crippen LogP contribution in [-0.4, -0.2) is 11.0 Å². The molecule has 0 saturated heterocycles. The number of rotatable bonds is 2. The van der Waals surface area contributed by atoms with Crippen molar-refractivity contribution in [3.8, 4) is 6.07 Å². The maximum absolute atomic E-state index is 13.2. The normalized spacial score (nSPS) is 9.47. The molecule has 0 spiro atoms. The van der Waals surface area contributed by atoms with Crippen LogP contribution in [0.3, 0.4) is 0 Å². The van der Waals surface area contributed by atoms with E-state index in [4.69, 9.17) is 5.26 Å². The van der Waals surface area contributed by atoms with Gasteiger partial charge in [0.25, 0.3) is 5.56 Å². The molecular weight excluding hydrogens is 269 g/mol. The van der Waals surface area contributed by atoms with Crippen molar-refractivity contribution in [1.82, 2.24) is 4.57 Å². The van der Waals surface area contributed by atoms with E-state index in [1.165, 1.54) is 7.05 Å². The summed E-state index contributed by atoms with van der Waals surface area (Å²) in [6, 6.07) is 1.69. The van der Waals surface area contributed by atoms with E-state index < -0.39 is 11.4 Å². The smallest absolute Gasteiger partial charge is 0.289 e. The van der Waals surface area contributed by atoms with E-state index in [9.17, 15) is 14.0 Å². The van der Waals surface area contributed by atoms with Crippen LogP contribution in [0.25, 0.3) is 0 Å². The SMILES string of the molecule is Cn1c(NC=O)c(C#N)c(Br)c(F)c1=O. The average Bonchev–Trinajstić information content (AvgIpc) is 2.24. The Balaban J connectivity index is 3.71. The Labute approximate surface area is 92.3 Å². The lowest BCUT2D eigenvalue weighted by Gasteiger charge is -2.10. The lowest BCUT2D eigenvalue weighted by atomic mass is 10.2. The van der Waals surface area contributed by atoms with Crippen LogP contribution < -0.4 is 10.9 Å². The second kappa shape index (κ2) is 4.23. The first-order chi connectivity index (χ1) is 7.04. The largest absolute Gasteiger partial charge is 0.314 e. The molecule has 15 heavy (non-hydrogen) atoms. The Kier molecular flexibility index (Phi) is 3.21. The third kappa shape index (κ3) is 1.76. The summed E-state index contributed by atoms with van der Waals surface area (Å²) in [4.78, 5) is 21.5. The van der Waals surface area contributed by atoms with Crippen molar-refractivity contribution < 1.29 is 9.18 Å². The molecule has 0 atom stereocenters. The zero-order valence-electron chi connectivity index (χ0n) is 7.54. The van der Waals surface area contributed by atoms with Gasteiger partial charge in [-0.15, -0.1) is 0 Å². The molecule has 0 saturated carbocycles. The maximum atomic E-state index is 13.2. The van der Waals surface area contributed by atoms with Gasteiger partial charge in [0.15, 0.2) is 0 Å². The summed E-state index contributed by atoms with van der Waals surface area (Å²) in [5.41, 5.74) is -1.06. The second-order valence-corrected chi connectivity index (χ2v) is 3.38. The number of hydrogen-bond acceptors (Lipinski definition) is 3. The van der Waals surface area contributed by atoms with Crippen LogP contribution in [0.2, 0.25) is 0 Å². The molecule has 1 aromatic rings. The highest BCUT2D eigenvalue weighted by Gasteiger charge is 2.18. The van der Waals surface area contributed by atoms with Gasteiger partial charge in [0.2, 0.25) is 12.2 Å². The summed E-state index contributed by atoms with van der Waals surface area (Å²) in [6.07, 6.45) is 0.306. The summed E-state index contributed by atoms with van der Waals surface area (Å²) in [7, 11) is 1.25. The van der Waals surface area contributed by atoms with Gasteiger partial charge >= 0.3 is 0 Å². The number of amides is 1. The highest BCUT2D eigenvalue weighted by Crippen LogP contribution is 2.23. The number of nitrogens with one attached hydrogen (secondary N) is 1. The van der Waals surface area contributed by atoms with Crippen LogP contribution in [0.5, 0.6) is 0 Å². The number of hydrogen-bond donors (Lipinski definition) is 1. The molecule has 0 aliphatic heterocycles. The predicted octanol–water partition coefficient (Wildman–Crippen LogP) is 0.727. The minimum Gasteiger partial charge on any atom is -0.314 e. The molecule has 1 N–H and O–H groups in total. The monoisotopic (exact) mass is 273 g/mol. The summed E-state index contributed by atoms with van der Waals surface area (Å²) in [5, 5.41) is 10.9. The van der Waals surface area contributed by atoms with E-state index in [2.05, 4.69) is 21.2 Å². The number of carbonyl (C=O) groups is 1. The summed E-state index contributed by atoms with van der Waals surface area (Å²) >= 11 is 2.78. The number of halogens is 2. The molecular formula is C8H5BrFN3O2. The van der Waals surface area contributed by atoms with Crippen molar-refractivity contribution in [2.45, 2.75) is 0 Å². The van der Waals surface area contributed by atoms with Crippen LogP contribution in [0.1, 0.15) is 5.56 Å². The fraction of sp³-hybridized carbons (Fsp3) is 0.125. The maximum Gasteiger partial charge on any atom is 0.289 e. The molecule has 0 unspecified atom stereocenters. The number of pyridine rings is 1. The lowest BCUT2D eigenvalue weighted by Crippen LogP contribution is -2.25. The Morgan fingerprint density at radius 1 is 1.67 bits per heavy atom. The van der Waals surface area contributed by atoms with Crippen molar-refractivity contribution in [1.29, 1.82) is 5.26 Å². The molecule has 5 nitrogen and oxygen atoms in total. The van der Waals surface area contributed by atoms with Gasteiger partial charge in [0.1, 0.15) is 17.5 Å². The molecule has 0 aliphatic rings. The Bertz CT molecular complexity index is 518. The van der Waals surface area contributed by atoms with E-state index in [1.807, 2.05) is 0 Å². The summed E-state index contributed by atoms with van der Waals surface area (Å²) < 4.78 is 13.8. The third-order valence-corrected chi connectivity index (χ3v) is 2.53. The van der Waals surface area contributed by atoms with E-state index in [0.29, 0.717) is 6.41 Å². The van der Waals surface area contributed by atoms with E-state index in [1.54, 1.807) is 6.07 Å². The molecule has 78 valence electrons. The van der Waals surface area contributed by atoms with Crippen molar-refractivity contribution in [2.24, 2.45) is 7.05 Å². The van der Waals surface area contributed by atoms with Crippen LogP contribution in [0.4, 0.5) is 10.2 Å². The number of anilines is 1. The first kappa shape index (κ1) is 11.4. The Hall–Kier alpha value is -1.68. The minimum absolute atomic E-state index is 0.0502. The molecule has 7 heteroatoms. The van der Waals surface area contributed by atoms with E-state index in [0.717, 1.165) is 4.57 Å². The quantitative estimate of drug-likeness (QED) is 0.808. The standard InChI is InChI=1S/C8H5BrFN3O2/c1-13-7(12-3-14)4(2-11)5(9)6(10)8(13)15/h3H,1H3,(H,12,14). The van der Waals surface area contributed by atoms with Crippen LogP contribution in [-0.2, 0) is 11.8 Å². The van der Waals surface area contributed by atoms with Gasteiger partial charge in [-0.3, -0.25) is 14.2 Å². The van der Waals surface area contributed by atoms with Crippen LogP contribution in [0, 0.1) is 17.1 Å². The highest BCUT2D eigenvalue weighted by atomic mass is 79.9. The minimum atomic E-state index is -1.06. The average molecular weight is 274 g/mol. The van der Waals surface area contributed by atoms with Crippen molar-refractivity contribution in [2.75, 3.05) is 5.32 Å². The molecule has 0 bridgehead atoms. The van der Waals surface area contributed by atoms with Gasteiger partial charge in [-0.2, -0.15) is 9.65 Å². The predicted molar refractivity (Wildman–Crippen MR) is 53.7 cm³/mol. The molecule has 1 rings (SSSR count). The molecule has 0 aromatic carbocycles. The van der Waals surface area contributed by atoms with Crippen molar-refractivity contribution in [3.63, 3.8) is 0 Å². The topological polar surface area (TPSA) is 74.9 Å². The van der Waals surface area contributed by atoms with Gasteiger partial charge in [0, 0.05) is 7.05 Å². The Morgan fingerprint density at radius 2 is 2.27 bits per heavy atom. The zero-order valence-corrected chi connectivity index (χ0v) is 9.13. The number of nitriles is 1. The fourth-order valence-corrected chi connectivity index (χ4v) is 1.50. The molecule has 0 radical (unpaired) electrons. The number of aromatic nitrogens is 1. The number of nitrogens with zero attached hydrogens (tertiary/aromatic N) is 2. The lowest BCUT2D eigenvalue weighted by molar-refractivity contribution is -0.105. The summed E-state index contributed by atoms with van der Waals surface area (Å²) in [5.74, 6) is -1.11. The van der Waals surface area contributed by atoms with Gasteiger partial charge in [-0.1, -0.05) is 0 Å².